The first-order valence-corrected chi connectivity index (χ1v) is 8.21. The molecule has 0 saturated carbocycles. The van der Waals surface area contributed by atoms with Crippen LogP contribution in [-0.4, -0.2) is 17.2 Å². The molecular weight excluding hydrogens is 335 g/mol. The monoisotopic (exact) mass is 360 g/mol. The van der Waals surface area contributed by atoms with Crippen molar-refractivity contribution in [1.29, 1.82) is 0 Å². The number of carbonyl (C=O) groups excluding carboxylic acids is 1. The number of hydroxylamine groups is 1. The molecule has 0 saturated heterocycles. The Bertz CT molecular complexity index is 690. The Hall–Kier alpha value is -2.70. The van der Waals surface area contributed by atoms with Crippen molar-refractivity contribution in [3.8, 4) is 5.75 Å². The lowest BCUT2D eigenvalue weighted by Gasteiger charge is -2.12. The van der Waals surface area contributed by atoms with Crippen molar-refractivity contribution < 1.29 is 19.1 Å². The Morgan fingerprint density at radius 3 is 2.38 bits per heavy atom. The van der Waals surface area contributed by atoms with E-state index in [4.69, 9.17) is 9.94 Å². The van der Waals surface area contributed by atoms with Crippen LogP contribution in [0.15, 0.2) is 61.2 Å². The molecule has 6 heteroatoms. The fraction of sp³-hybridized carbons (Fsp3) is 0.250. The first-order chi connectivity index (χ1) is 12.5. The van der Waals surface area contributed by atoms with Gasteiger partial charge in [0.1, 0.15) is 6.61 Å². The highest BCUT2D eigenvalue weighted by atomic mass is 19.1. The third-order valence-corrected chi connectivity index (χ3v) is 3.37. The van der Waals surface area contributed by atoms with Crippen molar-refractivity contribution in [3.63, 3.8) is 0 Å². The van der Waals surface area contributed by atoms with Crippen LogP contribution in [0, 0.1) is 5.82 Å². The van der Waals surface area contributed by atoms with E-state index in [9.17, 15) is 9.18 Å². The maximum absolute atomic E-state index is 13.4. The largest absolute Gasteiger partial charge is 0.486 e. The summed E-state index contributed by atoms with van der Waals surface area (Å²) in [6.45, 7) is 7.67. The molecule has 140 valence electrons. The van der Waals surface area contributed by atoms with E-state index in [-0.39, 0.29) is 18.2 Å². The number of allylic oxidation sites excluding steroid dienone is 1. The number of hydrogen-bond acceptors (Lipinski definition) is 4. The van der Waals surface area contributed by atoms with Gasteiger partial charge in [0, 0.05) is 6.54 Å². The van der Waals surface area contributed by atoms with Gasteiger partial charge in [-0.1, -0.05) is 42.5 Å². The Balaban J connectivity index is 0.00000105. The number of nitrogens with one attached hydrogen (secondary N) is 2. The van der Waals surface area contributed by atoms with Crippen LogP contribution in [0.5, 0.6) is 5.75 Å². The van der Waals surface area contributed by atoms with E-state index in [1.807, 2.05) is 31.2 Å². The van der Waals surface area contributed by atoms with Crippen LogP contribution < -0.4 is 15.5 Å². The number of hydrogen-bond donors (Lipinski definition) is 3. The van der Waals surface area contributed by atoms with Crippen molar-refractivity contribution in [2.75, 3.05) is 0 Å². The zero-order valence-corrected chi connectivity index (χ0v) is 15.0. The summed E-state index contributed by atoms with van der Waals surface area (Å²) < 4.78 is 18.9. The van der Waals surface area contributed by atoms with Crippen LogP contribution in [0.1, 0.15) is 25.0 Å². The van der Waals surface area contributed by atoms with E-state index in [0.29, 0.717) is 6.54 Å². The first-order valence-electron chi connectivity index (χ1n) is 8.21. The standard InChI is InChI=1S/C17H19FN2O3.C3H6/c1-12(17(21)20-22)19-10-13-6-8-14(9-7-13)11-23-16-5-3-2-4-15(16)18;1-3-2/h2-9,12,19,22H,10-11H2,1H3,(H,20,21);3H,1H2,2H3. The van der Waals surface area contributed by atoms with Gasteiger partial charge in [0.2, 0.25) is 0 Å². The maximum atomic E-state index is 13.4. The van der Waals surface area contributed by atoms with Gasteiger partial charge in [-0.2, -0.15) is 0 Å². The minimum absolute atomic E-state index is 0.224. The summed E-state index contributed by atoms with van der Waals surface area (Å²) in [6.07, 6.45) is 1.75. The number of carbonyl (C=O) groups is 1. The van der Waals surface area contributed by atoms with Crippen molar-refractivity contribution in [1.82, 2.24) is 10.8 Å². The third kappa shape index (κ3) is 7.46. The third-order valence-electron chi connectivity index (χ3n) is 3.37. The Kier molecular flexibility index (Phi) is 9.67. The van der Waals surface area contributed by atoms with Crippen molar-refractivity contribution in [2.45, 2.75) is 33.0 Å². The van der Waals surface area contributed by atoms with Gasteiger partial charge in [0.25, 0.3) is 5.91 Å². The van der Waals surface area contributed by atoms with Gasteiger partial charge in [0.15, 0.2) is 11.6 Å². The maximum Gasteiger partial charge on any atom is 0.260 e. The van der Waals surface area contributed by atoms with Gasteiger partial charge in [-0.05, 0) is 37.1 Å². The van der Waals surface area contributed by atoms with Crippen LogP contribution in [0.25, 0.3) is 0 Å². The second kappa shape index (κ2) is 11.8. The molecule has 0 fully saturated rings. The molecule has 0 aliphatic rings. The molecule has 0 heterocycles. The molecule has 0 bridgehead atoms. The average Bonchev–Trinajstić information content (AvgIpc) is 2.66. The average molecular weight is 360 g/mol. The Morgan fingerprint density at radius 1 is 1.23 bits per heavy atom. The first kappa shape index (κ1) is 21.3. The molecule has 1 unspecified atom stereocenters. The number of benzene rings is 2. The van der Waals surface area contributed by atoms with Crippen molar-refractivity contribution >= 4 is 5.91 Å². The van der Waals surface area contributed by atoms with E-state index in [1.165, 1.54) is 6.07 Å². The molecular formula is C20H25FN2O3. The summed E-state index contributed by atoms with van der Waals surface area (Å²) in [5.74, 6) is -0.647. The van der Waals surface area contributed by atoms with E-state index in [1.54, 1.807) is 36.7 Å². The lowest BCUT2D eigenvalue weighted by atomic mass is 10.1. The van der Waals surface area contributed by atoms with Gasteiger partial charge < -0.3 is 10.1 Å². The highest BCUT2D eigenvalue weighted by Gasteiger charge is 2.10. The zero-order valence-electron chi connectivity index (χ0n) is 15.0. The lowest BCUT2D eigenvalue weighted by molar-refractivity contribution is -0.131. The summed E-state index contributed by atoms with van der Waals surface area (Å²) in [5.41, 5.74) is 3.50. The molecule has 0 aromatic heterocycles. The van der Waals surface area contributed by atoms with Crippen LogP contribution in [0.4, 0.5) is 4.39 Å². The van der Waals surface area contributed by atoms with Gasteiger partial charge in [-0.3, -0.25) is 10.0 Å². The van der Waals surface area contributed by atoms with Crippen LogP contribution in [0.3, 0.4) is 0 Å². The lowest BCUT2D eigenvalue weighted by Crippen LogP contribution is -2.40. The summed E-state index contributed by atoms with van der Waals surface area (Å²) >= 11 is 0. The fourth-order valence-electron chi connectivity index (χ4n) is 1.94. The van der Waals surface area contributed by atoms with E-state index in [0.717, 1.165) is 11.1 Å². The molecule has 0 spiro atoms. The molecule has 2 rings (SSSR count). The fourth-order valence-corrected chi connectivity index (χ4v) is 1.94. The number of ether oxygens (including phenoxy) is 1. The predicted molar refractivity (Wildman–Crippen MR) is 99.3 cm³/mol. The highest BCUT2D eigenvalue weighted by Crippen LogP contribution is 2.17. The summed E-state index contributed by atoms with van der Waals surface area (Å²) in [7, 11) is 0. The molecule has 0 aliphatic carbocycles. The summed E-state index contributed by atoms with van der Waals surface area (Å²) in [5, 5.41) is 11.5. The second-order valence-electron chi connectivity index (χ2n) is 5.52. The van der Waals surface area contributed by atoms with Crippen LogP contribution >= 0.6 is 0 Å². The Labute approximate surface area is 153 Å². The Morgan fingerprint density at radius 2 is 1.81 bits per heavy atom. The van der Waals surface area contributed by atoms with Crippen LogP contribution in [-0.2, 0) is 17.9 Å². The number of para-hydroxylation sites is 1. The normalized spacial score (nSPS) is 10.9. The SMILES string of the molecule is C=CC.CC(NCc1ccc(COc2ccccc2F)cc1)C(=O)NO. The smallest absolute Gasteiger partial charge is 0.260 e. The molecule has 1 amide bonds. The van der Waals surface area contributed by atoms with Crippen molar-refractivity contribution in [3.05, 3.63) is 78.1 Å². The minimum Gasteiger partial charge on any atom is -0.486 e. The van der Waals surface area contributed by atoms with Gasteiger partial charge in [-0.15, -0.1) is 6.58 Å². The molecule has 2 aromatic rings. The molecule has 5 nitrogen and oxygen atoms in total. The number of halogens is 1. The quantitative estimate of drug-likeness (QED) is 0.401. The number of rotatable bonds is 7. The van der Waals surface area contributed by atoms with E-state index in [2.05, 4.69) is 11.9 Å². The topological polar surface area (TPSA) is 70.6 Å². The van der Waals surface area contributed by atoms with Gasteiger partial charge in [-0.25, -0.2) is 9.87 Å². The predicted octanol–water partition coefficient (Wildman–Crippen LogP) is 3.58. The van der Waals surface area contributed by atoms with E-state index >= 15 is 0 Å². The molecule has 1 atom stereocenters. The minimum atomic E-state index is -0.496. The molecule has 0 radical (unpaired) electrons. The number of amides is 1. The molecule has 3 N–H and O–H groups in total. The van der Waals surface area contributed by atoms with Crippen molar-refractivity contribution in [2.24, 2.45) is 0 Å². The zero-order chi connectivity index (χ0) is 19.4. The molecule has 0 aliphatic heterocycles. The molecule has 2 aromatic carbocycles. The van der Waals surface area contributed by atoms with Crippen LogP contribution in [0.2, 0.25) is 0 Å². The summed E-state index contributed by atoms with van der Waals surface area (Å²) in [4.78, 5) is 11.2. The highest BCUT2D eigenvalue weighted by molar-refractivity contribution is 5.80. The second-order valence-corrected chi connectivity index (χ2v) is 5.52. The van der Waals surface area contributed by atoms with E-state index < -0.39 is 11.9 Å². The van der Waals surface area contributed by atoms with Gasteiger partial charge >= 0.3 is 0 Å². The van der Waals surface area contributed by atoms with Gasteiger partial charge in [0.05, 0.1) is 6.04 Å². The summed E-state index contributed by atoms with van der Waals surface area (Å²) in [6, 6.07) is 13.3. The molecule has 26 heavy (non-hydrogen) atoms.